The van der Waals surface area contributed by atoms with Crippen molar-refractivity contribution in [1.29, 1.82) is 0 Å². The molecule has 0 amide bonds. The first-order valence-corrected chi connectivity index (χ1v) is 5.63. The number of imidazole rings is 1. The summed E-state index contributed by atoms with van der Waals surface area (Å²) in [5.41, 5.74) is 7.61. The minimum Gasteiger partial charge on any atom is -0.494 e. The van der Waals surface area contributed by atoms with Gasteiger partial charge in [0.2, 0.25) is 0 Å². The molecule has 0 saturated heterocycles. The van der Waals surface area contributed by atoms with Crippen molar-refractivity contribution in [2.24, 2.45) is 5.73 Å². The molecule has 0 aliphatic rings. The Labute approximate surface area is 95.0 Å². The number of ether oxygens (including phenoxy) is 1. The lowest BCUT2D eigenvalue weighted by atomic mass is 10.3. The number of nitrogens with two attached hydrogens (primary N) is 1. The van der Waals surface area contributed by atoms with Gasteiger partial charge in [0.15, 0.2) is 0 Å². The second-order valence-electron chi connectivity index (χ2n) is 3.66. The Kier molecular flexibility index (Phi) is 3.41. The standard InChI is InChI=1S/C12H17N3O/c1-2-16-10-4-5-12-11(8-10)14-9-15(12)7-3-6-13/h4-5,8-9H,2-3,6-7,13H2,1H3. The summed E-state index contributed by atoms with van der Waals surface area (Å²) in [5.74, 6) is 0.874. The van der Waals surface area contributed by atoms with E-state index in [-0.39, 0.29) is 0 Å². The first-order chi connectivity index (χ1) is 7.85. The molecule has 0 fully saturated rings. The van der Waals surface area contributed by atoms with E-state index in [0.717, 1.165) is 29.7 Å². The lowest BCUT2D eigenvalue weighted by Gasteiger charge is -2.04. The van der Waals surface area contributed by atoms with Gasteiger partial charge in [-0.2, -0.15) is 0 Å². The summed E-state index contributed by atoms with van der Waals surface area (Å²) in [6.45, 7) is 4.28. The van der Waals surface area contributed by atoms with Gasteiger partial charge in [-0.25, -0.2) is 4.98 Å². The molecule has 0 spiro atoms. The Hall–Kier alpha value is -1.55. The number of rotatable bonds is 5. The van der Waals surface area contributed by atoms with E-state index in [1.165, 1.54) is 0 Å². The van der Waals surface area contributed by atoms with Crippen LogP contribution in [0.1, 0.15) is 13.3 Å². The maximum absolute atomic E-state index is 5.50. The van der Waals surface area contributed by atoms with Gasteiger partial charge in [0.05, 0.1) is 24.0 Å². The number of hydrogen-bond donors (Lipinski definition) is 1. The van der Waals surface area contributed by atoms with Crippen LogP contribution in [-0.4, -0.2) is 22.7 Å². The smallest absolute Gasteiger partial charge is 0.121 e. The van der Waals surface area contributed by atoms with Gasteiger partial charge in [0.25, 0.3) is 0 Å². The minimum absolute atomic E-state index is 0.680. The highest BCUT2D eigenvalue weighted by atomic mass is 16.5. The summed E-state index contributed by atoms with van der Waals surface area (Å²) in [7, 11) is 0. The van der Waals surface area contributed by atoms with Crippen molar-refractivity contribution in [3.63, 3.8) is 0 Å². The summed E-state index contributed by atoms with van der Waals surface area (Å²) in [6.07, 6.45) is 2.83. The van der Waals surface area contributed by atoms with Crippen molar-refractivity contribution >= 4 is 11.0 Å². The van der Waals surface area contributed by atoms with E-state index in [1.807, 2.05) is 31.5 Å². The van der Waals surface area contributed by atoms with Gasteiger partial charge in [0, 0.05) is 12.6 Å². The Balaban J connectivity index is 2.27. The van der Waals surface area contributed by atoms with Crippen LogP contribution in [0.25, 0.3) is 11.0 Å². The van der Waals surface area contributed by atoms with E-state index < -0.39 is 0 Å². The van der Waals surface area contributed by atoms with Crippen molar-refractivity contribution in [3.8, 4) is 5.75 Å². The van der Waals surface area contributed by atoms with E-state index in [0.29, 0.717) is 13.2 Å². The van der Waals surface area contributed by atoms with E-state index in [4.69, 9.17) is 10.5 Å². The zero-order valence-corrected chi connectivity index (χ0v) is 9.52. The van der Waals surface area contributed by atoms with E-state index in [1.54, 1.807) is 0 Å². The molecule has 0 unspecified atom stereocenters. The fourth-order valence-corrected chi connectivity index (χ4v) is 1.74. The molecule has 1 aromatic carbocycles. The Morgan fingerprint density at radius 1 is 1.44 bits per heavy atom. The number of nitrogens with zero attached hydrogens (tertiary/aromatic N) is 2. The third kappa shape index (κ3) is 2.17. The van der Waals surface area contributed by atoms with Gasteiger partial charge in [-0.1, -0.05) is 0 Å². The lowest BCUT2D eigenvalue weighted by Crippen LogP contribution is -2.04. The third-order valence-corrected chi connectivity index (χ3v) is 2.51. The fraction of sp³-hybridized carbons (Fsp3) is 0.417. The largest absolute Gasteiger partial charge is 0.494 e. The summed E-state index contributed by atoms with van der Waals surface area (Å²) in [6, 6.07) is 5.99. The van der Waals surface area contributed by atoms with Crippen LogP contribution < -0.4 is 10.5 Å². The predicted molar refractivity (Wildman–Crippen MR) is 64.6 cm³/mol. The Morgan fingerprint density at radius 3 is 3.06 bits per heavy atom. The van der Waals surface area contributed by atoms with E-state index >= 15 is 0 Å². The van der Waals surface area contributed by atoms with Crippen LogP contribution in [0, 0.1) is 0 Å². The van der Waals surface area contributed by atoms with Crippen LogP contribution in [0.3, 0.4) is 0 Å². The number of fused-ring (bicyclic) bond motifs is 1. The zero-order valence-electron chi connectivity index (χ0n) is 9.52. The molecule has 1 aromatic heterocycles. The highest BCUT2D eigenvalue weighted by Crippen LogP contribution is 2.19. The van der Waals surface area contributed by atoms with Crippen LogP contribution in [0.15, 0.2) is 24.5 Å². The van der Waals surface area contributed by atoms with Crippen LogP contribution >= 0.6 is 0 Å². The Bertz CT molecular complexity index is 464. The average molecular weight is 219 g/mol. The highest BCUT2D eigenvalue weighted by molar-refractivity contribution is 5.76. The predicted octanol–water partition coefficient (Wildman–Crippen LogP) is 1.78. The summed E-state index contributed by atoms with van der Waals surface area (Å²) >= 11 is 0. The summed E-state index contributed by atoms with van der Waals surface area (Å²) in [5, 5.41) is 0. The van der Waals surface area contributed by atoms with Crippen LogP contribution in [-0.2, 0) is 6.54 Å². The lowest BCUT2D eigenvalue weighted by molar-refractivity contribution is 0.340. The first kappa shape index (κ1) is 11.0. The topological polar surface area (TPSA) is 53.1 Å². The van der Waals surface area contributed by atoms with E-state index in [9.17, 15) is 0 Å². The van der Waals surface area contributed by atoms with Gasteiger partial charge in [-0.05, 0) is 32.0 Å². The van der Waals surface area contributed by atoms with Gasteiger partial charge in [-0.15, -0.1) is 0 Å². The molecular weight excluding hydrogens is 202 g/mol. The number of aryl methyl sites for hydroxylation is 1. The van der Waals surface area contributed by atoms with Gasteiger partial charge >= 0.3 is 0 Å². The molecule has 0 atom stereocenters. The molecular formula is C12H17N3O. The van der Waals surface area contributed by atoms with Gasteiger partial charge < -0.3 is 15.0 Å². The quantitative estimate of drug-likeness (QED) is 0.834. The summed E-state index contributed by atoms with van der Waals surface area (Å²) < 4.78 is 7.56. The van der Waals surface area contributed by atoms with Crippen LogP contribution in [0.4, 0.5) is 0 Å². The molecule has 0 bridgehead atoms. The van der Waals surface area contributed by atoms with Gasteiger partial charge in [0.1, 0.15) is 5.75 Å². The molecule has 2 rings (SSSR count). The molecule has 86 valence electrons. The minimum atomic E-state index is 0.680. The Morgan fingerprint density at radius 2 is 2.31 bits per heavy atom. The third-order valence-electron chi connectivity index (χ3n) is 2.51. The average Bonchev–Trinajstić information content (AvgIpc) is 2.69. The number of hydrogen-bond acceptors (Lipinski definition) is 3. The van der Waals surface area contributed by atoms with Crippen molar-refractivity contribution < 1.29 is 4.74 Å². The molecule has 4 heteroatoms. The van der Waals surface area contributed by atoms with Crippen molar-refractivity contribution in [2.75, 3.05) is 13.2 Å². The second-order valence-corrected chi connectivity index (χ2v) is 3.66. The van der Waals surface area contributed by atoms with Crippen LogP contribution in [0.2, 0.25) is 0 Å². The molecule has 0 aliphatic heterocycles. The molecule has 1 heterocycles. The molecule has 2 aromatic rings. The second kappa shape index (κ2) is 4.99. The fourth-order valence-electron chi connectivity index (χ4n) is 1.74. The first-order valence-electron chi connectivity index (χ1n) is 5.63. The molecule has 16 heavy (non-hydrogen) atoms. The highest BCUT2D eigenvalue weighted by Gasteiger charge is 2.03. The van der Waals surface area contributed by atoms with Crippen molar-refractivity contribution in [2.45, 2.75) is 19.9 Å². The number of aromatic nitrogens is 2. The molecule has 2 N–H and O–H groups in total. The monoisotopic (exact) mass is 219 g/mol. The molecule has 0 radical (unpaired) electrons. The SMILES string of the molecule is CCOc1ccc2c(c1)ncn2CCCN. The maximum atomic E-state index is 5.50. The van der Waals surface area contributed by atoms with Gasteiger partial charge in [-0.3, -0.25) is 0 Å². The maximum Gasteiger partial charge on any atom is 0.121 e. The normalized spacial score (nSPS) is 10.9. The van der Waals surface area contributed by atoms with Crippen LogP contribution in [0.5, 0.6) is 5.75 Å². The van der Waals surface area contributed by atoms with E-state index in [2.05, 4.69) is 9.55 Å². The molecule has 4 nitrogen and oxygen atoms in total. The number of benzene rings is 1. The zero-order chi connectivity index (χ0) is 11.4. The summed E-state index contributed by atoms with van der Waals surface area (Å²) in [4.78, 5) is 4.36. The van der Waals surface area contributed by atoms with Crippen molar-refractivity contribution in [3.05, 3.63) is 24.5 Å². The molecule has 0 saturated carbocycles. The van der Waals surface area contributed by atoms with Crippen molar-refractivity contribution in [1.82, 2.24) is 9.55 Å². The molecule has 0 aliphatic carbocycles.